The molecule has 2 rings (SSSR count). The van der Waals surface area contributed by atoms with Crippen LogP contribution in [0.5, 0.6) is 0 Å². The molecule has 0 heterocycles. The zero-order valence-electron chi connectivity index (χ0n) is 11.0. The molecule has 0 unspecified atom stereocenters. The van der Waals surface area contributed by atoms with Crippen molar-refractivity contribution in [2.75, 3.05) is 0 Å². The van der Waals surface area contributed by atoms with Crippen molar-refractivity contribution in [3.8, 4) is 0 Å². The third-order valence-corrected chi connectivity index (χ3v) is 11.3. The summed E-state index contributed by atoms with van der Waals surface area (Å²) < 4.78 is 2.43. The fourth-order valence-electron chi connectivity index (χ4n) is 3.31. The Bertz CT molecular complexity index is 243. The molecule has 0 aromatic heterocycles. The van der Waals surface area contributed by atoms with E-state index in [9.17, 15) is 0 Å². The molecule has 0 bridgehead atoms. The van der Waals surface area contributed by atoms with Gasteiger partial charge in [-0.3, -0.25) is 0 Å². The topological polar surface area (TPSA) is 0 Å². The second kappa shape index (κ2) is 9.26. The van der Waals surface area contributed by atoms with Crippen molar-refractivity contribution in [3.63, 3.8) is 0 Å². The van der Waals surface area contributed by atoms with Gasteiger partial charge in [0, 0.05) is 0 Å². The van der Waals surface area contributed by atoms with E-state index in [-0.39, 0.29) is 0 Å². The van der Waals surface area contributed by atoms with Crippen molar-refractivity contribution in [1.29, 1.82) is 0 Å². The van der Waals surface area contributed by atoms with Gasteiger partial charge in [-0.25, -0.2) is 0 Å². The molecule has 4 heteroatoms. The van der Waals surface area contributed by atoms with Crippen LogP contribution in [0.3, 0.4) is 0 Å². The van der Waals surface area contributed by atoms with Gasteiger partial charge in [-0.15, -0.1) is 0 Å². The minimum absolute atomic E-state index is 0.706. The van der Waals surface area contributed by atoms with Gasteiger partial charge in [-0.2, -0.15) is 0 Å². The van der Waals surface area contributed by atoms with E-state index >= 15 is 0 Å². The molecule has 0 aliphatic heterocycles. The number of halogens is 2. The van der Waals surface area contributed by atoms with Gasteiger partial charge >= 0.3 is 133 Å². The molecule has 2 aliphatic carbocycles. The first-order valence-electron chi connectivity index (χ1n) is 7.12. The SMILES string of the molecule is C=[C]=[Ru].Cl[PH](Cl)(C1CCCCC1)C1CCCCC1. The molecule has 0 nitrogen and oxygen atoms in total. The molecule has 0 aromatic carbocycles. The number of hydrogen-bond acceptors (Lipinski definition) is 0. The van der Waals surface area contributed by atoms with Crippen molar-refractivity contribution in [3.05, 3.63) is 6.58 Å². The van der Waals surface area contributed by atoms with Crippen LogP contribution in [-0.2, 0) is 17.9 Å². The van der Waals surface area contributed by atoms with Crippen LogP contribution in [-0.4, -0.2) is 15.6 Å². The van der Waals surface area contributed by atoms with Crippen molar-refractivity contribution < 1.29 is 17.9 Å². The van der Waals surface area contributed by atoms with Gasteiger partial charge in [0.1, 0.15) is 0 Å². The predicted molar refractivity (Wildman–Crippen MR) is 84.4 cm³/mol. The Morgan fingerprint density at radius 3 is 1.39 bits per heavy atom. The quantitative estimate of drug-likeness (QED) is 0.407. The first-order valence-corrected chi connectivity index (χ1v) is 12.2. The maximum absolute atomic E-state index is 6.80. The molecule has 2 saturated carbocycles. The van der Waals surface area contributed by atoms with E-state index in [0.29, 0.717) is 11.3 Å². The summed E-state index contributed by atoms with van der Waals surface area (Å²) in [5.41, 5.74) is 1.41. The van der Waals surface area contributed by atoms with E-state index in [4.69, 9.17) is 22.5 Å². The minimum atomic E-state index is -1.96. The fraction of sp³-hybridized carbons (Fsp3) is 0.857. The second-order valence-electron chi connectivity index (χ2n) is 5.47. The summed E-state index contributed by atoms with van der Waals surface area (Å²) in [7, 11) is 0. The van der Waals surface area contributed by atoms with E-state index in [0.717, 1.165) is 0 Å². The van der Waals surface area contributed by atoms with E-state index in [1.807, 2.05) is 0 Å². The van der Waals surface area contributed by atoms with Crippen LogP contribution in [0.15, 0.2) is 6.58 Å². The molecular weight excluding hydrogens is 371 g/mol. The Morgan fingerprint density at radius 2 is 1.11 bits per heavy atom. The summed E-state index contributed by atoms with van der Waals surface area (Å²) >= 11 is 15.7. The van der Waals surface area contributed by atoms with Crippen LogP contribution in [0.4, 0.5) is 0 Å². The third kappa shape index (κ3) is 5.34. The molecule has 0 atom stereocenters. The molecule has 18 heavy (non-hydrogen) atoms. The standard InChI is InChI=1S/C12H23Cl2P.C2H2.Ru/c13-15(14,11-7-3-1-4-8-11)12-9-5-2-6-10-12;1-2;/h11-12,15H,1-10H2;1H2;. The van der Waals surface area contributed by atoms with Crippen LogP contribution in [0.25, 0.3) is 0 Å². The number of hydrogen-bond donors (Lipinski definition) is 0. The summed E-state index contributed by atoms with van der Waals surface area (Å²) in [5.74, 6) is -1.96. The normalized spacial score (nSPS) is 23.7. The molecule has 0 spiro atoms. The van der Waals surface area contributed by atoms with E-state index < -0.39 is 5.97 Å². The Kier molecular flexibility index (Phi) is 8.92. The van der Waals surface area contributed by atoms with Crippen LogP contribution in [0, 0.1) is 0 Å². The van der Waals surface area contributed by atoms with Gasteiger partial charge in [0.15, 0.2) is 0 Å². The van der Waals surface area contributed by atoms with Crippen molar-refractivity contribution in [2.45, 2.75) is 75.5 Å². The molecule has 0 aromatic rings. The Balaban J connectivity index is 0.000000492. The zero-order valence-corrected chi connectivity index (χ0v) is 15.3. The maximum atomic E-state index is 6.80. The Hall–Kier alpha value is 1.28. The first kappa shape index (κ1) is 17.3. The van der Waals surface area contributed by atoms with Crippen LogP contribution in [0.1, 0.15) is 64.2 Å². The fourth-order valence-corrected chi connectivity index (χ4v) is 8.95. The van der Waals surface area contributed by atoms with Gasteiger partial charge < -0.3 is 0 Å². The Morgan fingerprint density at radius 1 is 0.833 bits per heavy atom. The molecule has 0 radical (unpaired) electrons. The average molecular weight is 396 g/mol. The first-order chi connectivity index (χ1) is 8.62. The molecule has 0 saturated heterocycles. The zero-order chi connectivity index (χ0) is 13.4. The van der Waals surface area contributed by atoms with Crippen molar-refractivity contribution in [2.24, 2.45) is 0 Å². The summed E-state index contributed by atoms with van der Waals surface area (Å²) in [5, 5.41) is 0. The average Bonchev–Trinajstić information content (AvgIpc) is 2.42. The van der Waals surface area contributed by atoms with E-state index in [2.05, 4.69) is 28.7 Å². The summed E-state index contributed by atoms with van der Waals surface area (Å²) in [6, 6.07) is 0. The van der Waals surface area contributed by atoms with Crippen molar-refractivity contribution in [1.82, 2.24) is 0 Å². The predicted octanol–water partition coefficient (Wildman–Crippen LogP) is 5.83. The summed E-state index contributed by atoms with van der Waals surface area (Å²) in [6.45, 7) is 3.20. The second-order valence-corrected chi connectivity index (χ2v) is 13.4. The van der Waals surface area contributed by atoms with Gasteiger partial charge in [0.05, 0.1) is 0 Å². The van der Waals surface area contributed by atoms with Crippen LogP contribution < -0.4 is 0 Å². The van der Waals surface area contributed by atoms with E-state index in [1.165, 1.54) is 64.2 Å². The van der Waals surface area contributed by atoms with Crippen LogP contribution in [0.2, 0.25) is 0 Å². The molecule has 2 aliphatic rings. The molecular formula is C14H25Cl2PRu. The van der Waals surface area contributed by atoms with E-state index in [1.54, 1.807) is 0 Å². The Labute approximate surface area is 132 Å². The molecule has 0 amide bonds. The van der Waals surface area contributed by atoms with Crippen molar-refractivity contribution >= 4 is 32.7 Å². The molecule has 0 N–H and O–H groups in total. The van der Waals surface area contributed by atoms with Gasteiger partial charge in [-0.05, 0) is 0 Å². The summed E-state index contributed by atoms with van der Waals surface area (Å²) in [4.78, 5) is 0. The van der Waals surface area contributed by atoms with Gasteiger partial charge in [0.2, 0.25) is 0 Å². The monoisotopic (exact) mass is 396 g/mol. The third-order valence-electron chi connectivity index (χ3n) is 4.30. The summed E-state index contributed by atoms with van der Waals surface area (Å²) in [6.07, 6.45) is 13.5. The van der Waals surface area contributed by atoms with Crippen LogP contribution >= 0.6 is 28.4 Å². The number of rotatable bonds is 2. The van der Waals surface area contributed by atoms with Gasteiger partial charge in [-0.1, -0.05) is 0 Å². The van der Waals surface area contributed by atoms with Gasteiger partial charge in [0.25, 0.3) is 0 Å². The molecule has 108 valence electrons. The molecule has 2 fully saturated rings.